The average Bonchev–Trinajstić information content (AvgIpc) is 1.88. The molecule has 0 N–H and O–H groups in total. The molecule has 0 aromatic carbocycles. The molecule has 1 aliphatic heterocycles. The predicted molar refractivity (Wildman–Crippen MR) is 43.4 cm³/mol. The fourth-order valence-corrected chi connectivity index (χ4v) is 1.27. The molecular weight excluding hydrogens is 178 g/mol. The third kappa shape index (κ3) is 1.86. The van der Waals surface area contributed by atoms with Gasteiger partial charge in [0.15, 0.2) is 0 Å². The first kappa shape index (κ1) is 6.87. The Morgan fingerprint density at radius 1 is 1.78 bits per heavy atom. The van der Waals surface area contributed by atoms with E-state index in [1.807, 2.05) is 0 Å². The van der Waals surface area contributed by atoms with Crippen molar-refractivity contribution in [1.82, 2.24) is 4.90 Å². The van der Waals surface area contributed by atoms with E-state index in [0.717, 1.165) is 17.6 Å². The van der Waals surface area contributed by atoms with Gasteiger partial charge in [-0.25, -0.2) is 0 Å². The molecule has 0 spiro atoms. The van der Waals surface area contributed by atoms with Crippen LogP contribution in [-0.2, 0) is 0 Å². The Morgan fingerprint density at radius 3 is 3.00 bits per heavy atom. The minimum absolute atomic E-state index is 1.05. The Bertz CT molecular complexity index is 149. The number of hydrogen-bond donors (Lipinski definition) is 0. The summed E-state index contributed by atoms with van der Waals surface area (Å²) in [5.41, 5.74) is 0. The molecule has 1 heterocycles. The van der Waals surface area contributed by atoms with Crippen LogP contribution in [0.15, 0.2) is 22.8 Å². The van der Waals surface area contributed by atoms with E-state index in [-0.39, 0.29) is 0 Å². The quantitative estimate of drug-likeness (QED) is 0.609. The van der Waals surface area contributed by atoms with Gasteiger partial charge in [0.05, 0.1) is 0 Å². The molecule has 0 bridgehead atoms. The van der Waals surface area contributed by atoms with E-state index in [2.05, 4.69) is 46.1 Å². The minimum atomic E-state index is 1.05. The Kier molecular flexibility index (Phi) is 2.34. The zero-order valence-corrected chi connectivity index (χ0v) is 7.06. The Labute approximate surface area is 64.2 Å². The summed E-state index contributed by atoms with van der Waals surface area (Å²) in [6, 6.07) is 0. The highest BCUT2D eigenvalue weighted by Gasteiger charge is 1.98. The second-order valence-corrected chi connectivity index (χ2v) is 2.92. The summed E-state index contributed by atoms with van der Waals surface area (Å²) in [6.45, 7) is 4.28. The van der Waals surface area contributed by atoms with E-state index in [1.165, 1.54) is 0 Å². The molecule has 0 radical (unpaired) electrons. The number of hydrogen-bond acceptors (Lipinski definition) is 1. The number of rotatable bonds is 1. The van der Waals surface area contributed by atoms with Gasteiger partial charge in [0.1, 0.15) is 0 Å². The smallest absolute Gasteiger partial charge is 0.0357 e. The van der Waals surface area contributed by atoms with Crippen molar-refractivity contribution >= 4 is 15.9 Å². The highest BCUT2D eigenvalue weighted by molar-refractivity contribution is 9.11. The fraction of sp³-hybridized carbons (Fsp3) is 0.429. The van der Waals surface area contributed by atoms with Crippen LogP contribution in [0.5, 0.6) is 0 Å². The Morgan fingerprint density at radius 2 is 2.56 bits per heavy atom. The molecule has 1 rings (SSSR count). The van der Waals surface area contributed by atoms with E-state index in [4.69, 9.17) is 0 Å². The molecule has 0 saturated heterocycles. The van der Waals surface area contributed by atoms with Crippen LogP contribution >= 0.6 is 15.9 Å². The molecule has 0 amide bonds. The Hall–Kier alpha value is -0.240. The van der Waals surface area contributed by atoms with Gasteiger partial charge in [-0.05, 0) is 28.9 Å². The number of allylic oxidation sites excluding steroid dienone is 2. The Balaban J connectivity index is 2.55. The molecule has 50 valence electrons. The third-order valence-corrected chi connectivity index (χ3v) is 1.80. The van der Waals surface area contributed by atoms with Gasteiger partial charge in [0.2, 0.25) is 0 Å². The summed E-state index contributed by atoms with van der Waals surface area (Å²) in [7, 11) is 0. The minimum Gasteiger partial charge on any atom is -0.373 e. The first-order valence-corrected chi connectivity index (χ1v) is 3.90. The summed E-state index contributed by atoms with van der Waals surface area (Å²) in [5, 5.41) is 0. The summed E-state index contributed by atoms with van der Waals surface area (Å²) in [5.74, 6) is 0. The van der Waals surface area contributed by atoms with Crippen LogP contribution in [0, 0.1) is 0 Å². The van der Waals surface area contributed by atoms with Gasteiger partial charge < -0.3 is 4.90 Å². The maximum atomic E-state index is 3.40. The summed E-state index contributed by atoms with van der Waals surface area (Å²) >= 11 is 3.40. The standard InChI is InChI=1S/C7H10BrN/c1-2-9-5-3-4-7(8)6-9/h3-4,6H,2,5H2,1H3. The highest BCUT2D eigenvalue weighted by Crippen LogP contribution is 2.12. The van der Waals surface area contributed by atoms with E-state index in [9.17, 15) is 0 Å². The molecule has 0 aliphatic carbocycles. The first-order valence-electron chi connectivity index (χ1n) is 3.11. The van der Waals surface area contributed by atoms with Gasteiger partial charge >= 0.3 is 0 Å². The highest BCUT2D eigenvalue weighted by atomic mass is 79.9. The normalized spacial score (nSPS) is 18.0. The maximum Gasteiger partial charge on any atom is 0.0357 e. The van der Waals surface area contributed by atoms with Crippen molar-refractivity contribution in [3.8, 4) is 0 Å². The number of halogens is 1. The van der Waals surface area contributed by atoms with Crippen molar-refractivity contribution < 1.29 is 0 Å². The van der Waals surface area contributed by atoms with Gasteiger partial charge in [-0.3, -0.25) is 0 Å². The van der Waals surface area contributed by atoms with Crippen LogP contribution in [0.25, 0.3) is 0 Å². The SMILES string of the molecule is CCN1C=C(Br)C=CC1. The molecule has 1 aliphatic rings. The molecule has 0 saturated carbocycles. The van der Waals surface area contributed by atoms with Crippen molar-refractivity contribution in [2.75, 3.05) is 13.1 Å². The van der Waals surface area contributed by atoms with E-state index in [1.54, 1.807) is 0 Å². The van der Waals surface area contributed by atoms with Gasteiger partial charge in [-0.1, -0.05) is 6.08 Å². The molecule has 0 unspecified atom stereocenters. The third-order valence-electron chi connectivity index (χ3n) is 1.33. The van der Waals surface area contributed by atoms with E-state index >= 15 is 0 Å². The fourth-order valence-electron chi connectivity index (χ4n) is 0.791. The van der Waals surface area contributed by atoms with Crippen LogP contribution in [0.3, 0.4) is 0 Å². The lowest BCUT2D eigenvalue weighted by Gasteiger charge is -2.18. The molecule has 9 heavy (non-hydrogen) atoms. The molecule has 0 aromatic rings. The summed E-state index contributed by atoms with van der Waals surface area (Å²) in [6.07, 6.45) is 6.33. The summed E-state index contributed by atoms with van der Waals surface area (Å²) < 4.78 is 1.16. The lowest BCUT2D eigenvalue weighted by molar-refractivity contribution is 0.435. The lowest BCUT2D eigenvalue weighted by atomic mass is 10.3. The molecule has 0 aromatic heterocycles. The first-order chi connectivity index (χ1) is 4.33. The van der Waals surface area contributed by atoms with Crippen molar-refractivity contribution in [1.29, 1.82) is 0 Å². The zero-order valence-electron chi connectivity index (χ0n) is 5.47. The monoisotopic (exact) mass is 187 g/mol. The second kappa shape index (κ2) is 3.06. The van der Waals surface area contributed by atoms with Gasteiger partial charge in [0, 0.05) is 23.8 Å². The van der Waals surface area contributed by atoms with Crippen molar-refractivity contribution in [2.45, 2.75) is 6.92 Å². The summed E-state index contributed by atoms with van der Waals surface area (Å²) in [4.78, 5) is 2.24. The molecule has 1 nitrogen and oxygen atoms in total. The number of nitrogens with zero attached hydrogens (tertiary/aromatic N) is 1. The van der Waals surface area contributed by atoms with Gasteiger partial charge in [0.25, 0.3) is 0 Å². The topological polar surface area (TPSA) is 3.24 Å². The zero-order chi connectivity index (χ0) is 6.69. The van der Waals surface area contributed by atoms with Crippen LogP contribution in [0.2, 0.25) is 0 Å². The predicted octanol–water partition coefficient (Wildman–Crippen LogP) is 2.11. The van der Waals surface area contributed by atoms with Crippen molar-refractivity contribution in [3.05, 3.63) is 22.8 Å². The lowest BCUT2D eigenvalue weighted by Crippen LogP contribution is -2.18. The average molecular weight is 188 g/mol. The van der Waals surface area contributed by atoms with E-state index in [0.29, 0.717) is 0 Å². The van der Waals surface area contributed by atoms with Gasteiger partial charge in [-0.2, -0.15) is 0 Å². The molecular formula is C7H10BrN. The van der Waals surface area contributed by atoms with Crippen LogP contribution in [-0.4, -0.2) is 18.0 Å². The molecule has 0 fully saturated rings. The van der Waals surface area contributed by atoms with Crippen molar-refractivity contribution in [2.24, 2.45) is 0 Å². The van der Waals surface area contributed by atoms with Crippen molar-refractivity contribution in [3.63, 3.8) is 0 Å². The molecule has 2 heteroatoms. The maximum absolute atomic E-state index is 3.40. The number of likely N-dealkylation sites (N-methyl/N-ethyl adjacent to an activating group) is 1. The van der Waals surface area contributed by atoms with Gasteiger partial charge in [-0.15, -0.1) is 0 Å². The van der Waals surface area contributed by atoms with Crippen LogP contribution in [0.4, 0.5) is 0 Å². The second-order valence-electron chi connectivity index (χ2n) is 2.00. The van der Waals surface area contributed by atoms with E-state index < -0.39 is 0 Å². The van der Waals surface area contributed by atoms with Crippen LogP contribution in [0.1, 0.15) is 6.92 Å². The van der Waals surface area contributed by atoms with Crippen LogP contribution < -0.4 is 0 Å². The largest absolute Gasteiger partial charge is 0.373 e. The molecule has 0 atom stereocenters.